The Morgan fingerprint density at radius 3 is 2.41 bits per heavy atom. The standard InChI is InChI=1S/C27H24N2O4S/c1-5-33-27(32)23-16(3)24(17(4)30)34-26(23)29-25(31)20-14-22(18-12-10-15(2)11-13-18)28-21-9-7-6-8-19(20)21/h6-14H,5H2,1-4H3,(H,29,31). The largest absolute Gasteiger partial charge is 0.462 e. The first-order chi connectivity index (χ1) is 16.3. The number of aryl methyl sites for hydroxylation is 1. The van der Waals surface area contributed by atoms with Gasteiger partial charge in [-0.2, -0.15) is 0 Å². The number of para-hydroxylation sites is 1. The summed E-state index contributed by atoms with van der Waals surface area (Å²) in [7, 11) is 0. The van der Waals surface area contributed by atoms with Crippen LogP contribution >= 0.6 is 11.3 Å². The van der Waals surface area contributed by atoms with Gasteiger partial charge in [-0.1, -0.05) is 48.0 Å². The van der Waals surface area contributed by atoms with E-state index in [-0.39, 0.29) is 18.0 Å². The number of pyridine rings is 1. The molecule has 0 aliphatic heterocycles. The number of aromatic nitrogens is 1. The summed E-state index contributed by atoms with van der Waals surface area (Å²) in [4.78, 5) is 43.4. The molecule has 0 bridgehead atoms. The normalized spacial score (nSPS) is 10.8. The van der Waals surface area contributed by atoms with Crippen LogP contribution in [0.5, 0.6) is 0 Å². The summed E-state index contributed by atoms with van der Waals surface area (Å²) in [5, 5.41) is 3.84. The van der Waals surface area contributed by atoms with Crippen molar-refractivity contribution in [2.75, 3.05) is 11.9 Å². The fraction of sp³-hybridized carbons (Fsp3) is 0.185. The third-order valence-corrected chi connectivity index (χ3v) is 6.79. The minimum atomic E-state index is -0.570. The van der Waals surface area contributed by atoms with Crippen molar-refractivity contribution in [2.45, 2.75) is 27.7 Å². The molecule has 0 atom stereocenters. The predicted molar refractivity (Wildman–Crippen MR) is 135 cm³/mol. The zero-order valence-electron chi connectivity index (χ0n) is 19.4. The zero-order valence-corrected chi connectivity index (χ0v) is 20.2. The number of carbonyl (C=O) groups excluding carboxylic acids is 3. The van der Waals surface area contributed by atoms with Gasteiger partial charge in [-0.3, -0.25) is 9.59 Å². The van der Waals surface area contributed by atoms with Crippen LogP contribution in [0.15, 0.2) is 54.6 Å². The Kier molecular flexibility index (Phi) is 6.56. The Morgan fingerprint density at radius 1 is 1.03 bits per heavy atom. The maximum atomic E-state index is 13.5. The summed E-state index contributed by atoms with van der Waals surface area (Å²) in [6.45, 7) is 7.03. The van der Waals surface area contributed by atoms with Gasteiger partial charge in [0.25, 0.3) is 5.91 Å². The molecule has 0 unspecified atom stereocenters. The average Bonchev–Trinajstić information content (AvgIpc) is 3.14. The Morgan fingerprint density at radius 2 is 1.74 bits per heavy atom. The van der Waals surface area contributed by atoms with E-state index in [4.69, 9.17) is 9.72 Å². The van der Waals surface area contributed by atoms with Crippen molar-refractivity contribution in [3.63, 3.8) is 0 Å². The van der Waals surface area contributed by atoms with Crippen molar-refractivity contribution in [1.29, 1.82) is 0 Å². The van der Waals surface area contributed by atoms with Gasteiger partial charge in [0.05, 0.1) is 33.8 Å². The summed E-state index contributed by atoms with van der Waals surface area (Å²) in [6.07, 6.45) is 0. The summed E-state index contributed by atoms with van der Waals surface area (Å²) in [5.74, 6) is -1.14. The molecule has 2 heterocycles. The number of nitrogens with zero attached hydrogens (tertiary/aromatic N) is 1. The minimum absolute atomic E-state index is 0.176. The lowest BCUT2D eigenvalue weighted by molar-refractivity contribution is 0.0527. The number of rotatable bonds is 6. The molecular formula is C27H24N2O4S. The number of benzene rings is 2. The highest BCUT2D eigenvalue weighted by Crippen LogP contribution is 2.35. The SMILES string of the molecule is CCOC(=O)c1c(NC(=O)c2cc(-c3ccc(C)cc3)nc3ccccc23)sc(C(C)=O)c1C. The molecule has 2 aromatic heterocycles. The number of thiophene rings is 1. The molecule has 0 saturated carbocycles. The van der Waals surface area contributed by atoms with E-state index in [2.05, 4.69) is 5.32 Å². The third-order valence-electron chi connectivity index (χ3n) is 5.48. The van der Waals surface area contributed by atoms with Crippen molar-refractivity contribution < 1.29 is 19.1 Å². The van der Waals surface area contributed by atoms with E-state index in [9.17, 15) is 14.4 Å². The van der Waals surface area contributed by atoms with Crippen molar-refractivity contribution in [3.05, 3.63) is 81.7 Å². The molecule has 1 amide bonds. The fourth-order valence-corrected chi connectivity index (χ4v) is 4.88. The smallest absolute Gasteiger partial charge is 0.341 e. The van der Waals surface area contributed by atoms with Crippen LogP contribution in [-0.4, -0.2) is 29.3 Å². The lowest BCUT2D eigenvalue weighted by Gasteiger charge is -2.11. The van der Waals surface area contributed by atoms with E-state index in [1.807, 2.05) is 55.5 Å². The number of ether oxygens (including phenoxy) is 1. The molecule has 34 heavy (non-hydrogen) atoms. The molecule has 0 fully saturated rings. The number of carbonyl (C=O) groups is 3. The molecule has 0 spiro atoms. The lowest BCUT2D eigenvalue weighted by Crippen LogP contribution is -2.15. The van der Waals surface area contributed by atoms with Crippen LogP contribution in [0.4, 0.5) is 5.00 Å². The summed E-state index contributed by atoms with van der Waals surface area (Å²) in [6, 6.07) is 17.1. The summed E-state index contributed by atoms with van der Waals surface area (Å²) >= 11 is 1.08. The predicted octanol–water partition coefficient (Wildman–Crippen LogP) is 6.21. The van der Waals surface area contributed by atoms with Crippen molar-refractivity contribution in [3.8, 4) is 11.3 Å². The van der Waals surface area contributed by atoms with Gasteiger partial charge < -0.3 is 10.1 Å². The zero-order chi connectivity index (χ0) is 24.4. The lowest BCUT2D eigenvalue weighted by atomic mass is 10.0. The molecule has 1 N–H and O–H groups in total. The Labute approximate surface area is 201 Å². The number of ketones is 1. The quantitative estimate of drug-likeness (QED) is 0.266. The highest BCUT2D eigenvalue weighted by molar-refractivity contribution is 7.18. The highest BCUT2D eigenvalue weighted by atomic mass is 32.1. The molecule has 7 heteroatoms. The highest BCUT2D eigenvalue weighted by Gasteiger charge is 2.26. The third kappa shape index (κ3) is 4.47. The van der Waals surface area contributed by atoms with Crippen LogP contribution < -0.4 is 5.32 Å². The number of esters is 1. The van der Waals surface area contributed by atoms with E-state index in [1.54, 1.807) is 19.9 Å². The maximum Gasteiger partial charge on any atom is 0.341 e. The number of Topliss-reactive ketones (excluding diaryl/α,β-unsaturated/α-hetero) is 1. The number of amides is 1. The second kappa shape index (κ2) is 9.57. The molecule has 4 aromatic rings. The van der Waals surface area contributed by atoms with Crippen LogP contribution in [0.25, 0.3) is 22.2 Å². The first kappa shape index (κ1) is 23.3. The Balaban J connectivity index is 1.81. The molecule has 0 radical (unpaired) electrons. The van der Waals surface area contributed by atoms with Gasteiger partial charge in [-0.15, -0.1) is 11.3 Å². The number of anilines is 1. The van der Waals surface area contributed by atoms with Gasteiger partial charge in [0.1, 0.15) is 5.00 Å². The van der Waals surface area contributed by atoms with E-state index >= 15 is 0 Å². The molecule has 0 aliphatic carbocycles. The van der Waals surface area contributed by atoms with Gasteiger partial charge in [0, 0.05) is 10.9 Å². The monoisotopic (exact) mass is 472 g/mol. The molecule has 0 saturated heterocycles. The van der Waals surface area contributed by atoms with Crippen molar-refractivity contribution in [1.82, 2.24) is 4.98 Å². The van der Waals surface area contributed by atoms with E-state index in [1.165, 1.54) is 6.92 Å². The second-order valence-corrected chi connectivity index (χ2v) is 8.95. The van der Waals surface area contributed by atoms with E-state index in [0.29, 0.717) is 37.6 Å². The molecular weight excluding hydrogens is 448 g/mol. The van der Waals surface area contributed by atoms with E-state index in [0.717, 1.165) is 22.5 Å². The van der Waals surface area contributed by atoms with Crippen LogP contribution in [0.3, 0.4) is 0 Å². The Hall–Kier alpha value is -3.84. The summed E-state index contributed by atoms with van der Waals surface area (Å²) in [5.41, 5.74) is 4.51. The number of hydrogen-bond acceptors (Lipinski definition) is 6. The van der Waals surface area contributed by atoms with Crippen LogP contribution in [0.1, 0.15) is 55.4 Å². The first-order valence-corrected chi connectivity index (χ1v) is 11.7. The van der Waals surface area contributed by atoms with Crippen molar-refractivity contribution >= 4 is 44.9 Å². The minimum Gasteiger partial charge on any atom is -0.462 e. The topological polar surface area (TPSA) is 85.4 Å². The van der Waals surface area contributed by atoms with Crippen LogP contribution in [0.2, 0.25) is 0 Å². The maximum absolute atomic E-state index is 13.5. The van der Waals surface area contributed by atoms with Gasteiger partial charge >= 0.3 is 5.97 Å². The number of nitrogens with one attached hydrogen (secondary N) is 1. The van der Waals surface area contributed by atoms with Crippen LogP contribution in [-0.2, 0) is 4.74 Å². The molecule has 0 aliphatic rings. The molecule has 6 nitrogen and oxygen atoms in total. The van der Waals surface area contributed by atoms with Crippen molar-refractivity contribution in [2.24, 2.45) is 0 Å². The number of hydrogen-bond donors (Lipinski definition) is 1. The van der Waals surface area contributed by atoms with Gasteiger partial charge in [-0.05, 0) is 45.4 Å². The van der Waals surface area contributed by atoms with Gasteiger partial charge in [-0.25, -0.2) is 9.78 Å². The fourth-order valence-electron chi connectivity index (χ4n) is 3.79. The van der Waals surface area contributed by atoms with Crippen LogP contribution in [0, 0.1) is 13.8 Å². The number of fused-ring (bicyclic) bond motifs is 1. The summed E-state index contributed by atoms with van der Waals surface area (Å²) < 4.78 is 5.18. The molecule has 4 rings (SSSR count). The first-order valence-electron chi connectivity index (χ1n) is 10.9. The van der Waals surface area contributed by atoms with Gasteiger partial charge in [0.15, 0.2) is 5.78 Å². The second-order valence-electron chi connectivity index (χ2n) is 7.93. The molecule has 172 valence electrons. The molecule has 2 aromatic carbocycles. The van der Waals surface area contributed by atoms with E-state index < -0.39 is 11.9 Å². The Bertz CT molecular complexity index is 1420. The van der Waals surface area contributed by atoms with Gasteiger partial charge in [0.2, 0.25) is 0 Å². The average molecular weight is 473 g/mol.